The van der Waals surface area contributed by atoms with Gasteiger partial charge >= 0.3 is 0 Å². The van der Waals surface area contributed by atoms with Crippen molar-refractivity contribution >= 4 is 40.0 Å². The van der Waals surface area contributed by atoms with E-state index in [4.69, 9.17) is 9.97 Å². The van der Waals surface area contributed by atoms with Crippen molar-refractivity contribution in [2.45, 2.75) is 12.8 Å². The summed E-state index contributed by atoms with van der Waals surface area (Å²) in [5.41, 5.74) is 6.75. The van der Waals surface area contributed by atoms with E-state index >= 15 is 0 Å². The Morgan fingerprint density at radius 3 is 2.50 bits per heavy atom. The van der Waals surface area contributed by atoms with Gasteiger partial charge in [-0.25, -0.2) is 4.98 Å². The number of imidazole rings is 1. The molecule has 1 aliphatic heterocycles. The Kier molecular flexibility index (Phi) is 5.74. The van der Waals surface area contributed by atoms with E-state index in [0.717, 1.165) is 40.9 Å². The minimum absolute atomic E-state index is 0.0248. The number of hydrogen-bond donors (Lipinski definition) is 2. The van der Waals surface area contributed by atoms with Gasteiger partial charge in [0.05, 0.1) is 47.1 Å². The highest BCUT2D eigenvalue weighted by Gasteiger charge is 2.30. The van der Waals surface area contributed by atoms with Gasteiger partial charge in [-0.1, -0.05) is 0 Å². The summed E-state index contributed by atoms with van der Waals surface area (Å²) in [4.78, 5) is 56.7. The van der Waals surface area contributed by atoms with Crippen LogP contribution in [-0.2, 0) is 4.79 Å². The molecule has 0 atom stereocenters. The summed E-state index contributed by atoms with van der Waals surface area (Å²) >= 11 is 0. The lowest BCUT2D eigenvalue weighted by atomic mass is 10.0. The maximum absolute atomic E-state index is 12.7. The molecule has 2 N–H and O–H groups in total. The number of carbonyl (C=O) groups is 2. The first kappa shape index (κ1) is 23.6. The van der Waals surface area contributed by atoms with Crippen LogP contribution in [0.15, 0.2) is 53.1 Å². The monoisotopic (exact) mass is 507 g/mol. The van der Waals surface area contributed by atoms with Crippen molar-refractivity contribution < 1.29 is 9.59 Å². The van der Waals surface area contributed by atoms with Crippen molar-refractivity contribution in [2.24, 2.45) is 15.9 Å². The Bertz CT molecular complexity index is 1660. The van der Waals surface area contributed by atoms with Crippen molar-refractivity contribution in [2.75, 3.05) is 33.0 Å². The number of aromatic nitrogens is 5. The molecule has 6 rings (SSSR count). The van der Waals surface area contributed by atoms with Crippen LogP contribution in [-0.4, -0.2) is 80.7 Å². The Morgan fingerprint density at radius 2 is 1.79 bits per heavy atom. The third-order valence-electron chi connectivity index (χ3n) is 6.50. The fraction of sp³-hybridized carbons (Fsp3) is 0.259. The fourth-order valence-electron chi connectivity index (χ4n) is 4.27. The zero-order valence-corrected chi connectivity index (χ0v) is 21.2. The molecule has 1 fully saturated rings. The Morgan fingerprint density at radius 1 is 1.03 bits per heavy atom. The number of aliphatic imine (C=N–C) groups is 2. The third-order valence-corrected chi connectivity index (χ3v) is 6.50. The number of nitrogens with one attached hydrogen (secondary N) is 2. The first-order valence-electron chi connectivity index (χ1n) is 12.3. The van der Waals surface area contributed by atoms with Crippen molar-refractivity contribution in [3.63, 3.8) is 0 Å². The van der Waals surface area contributed by atoms with Gasteiger partial charge in [-0.3, -0.25) is 34.5 Å². The van der Waals surface area contributed by atoms with Crippen LogP contribution in [0.2, 0.25) is 0 Å². The predicted octanol–water partition coefficient (Wildman–Crippen LogP) is 2.74. The number of aromatic amines is 1. The molecule has 0 radical (unpaired) electrons. The molecule has 1 saturated carbocycles. The van der Waals surface area contributed by atoms with E-state index in [0.29, 0.717) is 40.4 Å². The number of H-pyrrole nitrogens is 1. The number of hydrogen-bond acceptors (Lipinski definition) is 8. The molecule has 0 saturated heterocycles. The van der Waals surface area contributed by atoms with Crippen LogP contribution in [0, 0.1) is 5.92 Å². The molecule has 38 heavy (non-hydrogen) atoms. The first-order chi connectivity index (χ1) is 18.4. The molecule has 4 aromatic heterocycles. The number of anilines is 1. The third kappa shape index (κ3) is 4.42. The minimum Gasteiger partial charge on any atom is -0.345 e. The highest BCUT2D eigenvalue weighted by Crippen LogP contribution is 2.31. The second kappa shape index (κ2) is 9.25. The van der Waals surface area contributed by atoms with E-state index in [1.807, 2.05) is 12.1 Å². The molecule has 2 amide bonds. The summed E-state index contributed by atoms with van der Waals surface area (Å²) in [6, 6.07) is 3.86. The topological polar surface area (TPSA) is 141 Å². The Labute approximate surface area is 218 Å². The first-order valence-corrected chi connectivity index (χ1v) is 12.3. The van der Waals surface area contributed by atoms with Crippen LogP contribution in [0.5, 0.6) is 0 Å². The molecule has 1 aliphatic carbocycles. The van der Waals surface area contributed by atoms with E-state index in [1.54, 1.807) is 45.9 Å². The Balaban J connectivity index is 1.41. The van der Waals surface area contributed by atoms with Crippen molar-refractivity contribution in [3.05, 3.63) is 65.8 Å². The predicted molar refractivity (Wildman–Crippen MR) is 144 cm³/mol. The van der Waals surface area contributed by atoms with Gasteiger partial charge in [0.1, 0.15) is 11.2 Å². The summed E-state index contributed by atoms with van der Waals surface area (Å²) in [6.45, 7) is 0.617. The second-order valence-corrected chi connectivity index (χ2v) is 9.55. The number of amides is 2. The molecule has 0 spiro atoms. The van der Waals surface area contributed by atoms with Crippen LogP contribution in [0.25, 0.3) is 22.2 Å². The molecule has 11 nitrogen and oxygen atoms in total. The van der Waals surface area contributed by atoms with Crippen LogP contribution in [0.1, 0.15) is 40.3 Å². The molecule has 5 heterocycles. The number of pyridine rings is 3. The minimum atomic E-state index is -0.186. The normalized spacial score (nSPS) is 14.8. The van der Waals surface area contributed by atoms with Gasteiger partial charge in [-0.05, 0) is 25.0 Å². The van der Waals surface area contributed by atoms with E-state index in [1.165, 1.54) is 11.1 Å². The molecule has 4 aromatic rings. The highest BCUT2D eigenvalue weighted by molar-refractivity contribution is 6.21. The van der Waals surface area contributed by atoms with Gasteiger partial charge in [-0.2, -0.15) is 0 Å². The summed E-state index contributed by atoms with van der Waals surface area (Å²) in [5.74, 6) is 0.431. The maximum atomic E-state index is 12.7. The van der Waals surface area contributed by atoms with Gasteiger partial charge < -0.3 is 15.2 Å². The lowest BCUT2D eigenvalue weighted by Gasteiger charge is -2.11. The van der Waals surface area contributed by atoms with Crippen LogP contribution in [0.3, 0.4) is 0 Å². The molecule has 190 valence electrons. The SMILES string of the molecule is C/N=C(/c1nc2c(C(=O)N(C)C)cncc2[nH]1)c1cc(-c2cncc(NC(=O)C3CC3)c2)cnc1C1=NC1. The highest BCUT2D eigenvalue weighted by atomic mass is 16.2. The Hall–Kier alpha value is -4.80. The summed E-state index contributed by atoms with van der Waals surface area (Å²) in [5, 5.41) is 2.95. The lowest BCUT2D eigenvalue weighted by Crippen LogP contribution is -2.22. The van der Waals surface area contributed by atoms with E-state index in [2.05, 4.69) is 30.3 Å². The van der Waals surface area contributed by atoms with Crippen molar-refractivity contribution in [3.8, 4) is 11.1 Å². The van der Waals surface area contributed by atoms with E-state index < -0.39 is 0 Å². The number of nitrogens with zero attached hydrogens (tertiary/aromatic N) is 7. The van der Waals surface area contributed by atoms with Gasteiger partial charge in [0, 0.05) is 62.3 Å². The van der Waals surface area contributed by atoms with Crippen LogP contribution in [0.4, 0.5) is 5.69 Å². The average molecular weight is 508 g/mol. The van der Waals surface area contributed by atoms with Crippen LogP contribution >= 0.6 is 0 Å². The molecular formula is C27H25N9O2. The number of fused-ring (bicyclic) bond motifs is 1. The molecule has 0 aromatic carbocycles. The quantitative estimate of drug-likeness (QED) is 0.369. The molecule has 0 bridgehead atoms. The largest absolute Gasteiger partial charge is 0.345 e. The second-order valence-electron chi connectivity index (χ2n) is 9.55. The summed E-state index contributed by atoms with van der Waals surface area (Å²) in [6.07, 6.45) is 10.2. The molecule has 2 aliphatic rings. The smallest absolute Gasteiger partial charge is 0.257 e. The van der Waals surface area contributed by atoms with Gasteiger partial charge in [-0.15, -0.1) is 0 Å². The van der Waals surface area contributed by atoms with Gasteiger partial charge in [0.15, 0.2) is 5.82 Å². The number of carbonyl (C=O) groups excluding carboxylic acids is 2. The summed E-state index contributed by atoms with van der Waals surface area (Å²) in [7, 11) is 5.07. The van der Waals surface area contributed by atoms with E-state index in [-0.39, 0.29) is 17.7 Å². The molecular weight excluding hydrogens is 482 g/mol. The standard InChI is InChI=1S/C27H25N9O2/c1-28-24(25-34-21-12-30-11-19(23(21)35-25)27(38)36(2)3)18-7-16(9-32-22(18)20-13-31-20)15-6-17(10-29-8-15)33-26(37)14-4-5-14/h6-12,14H,4-5,13H2,1-3H3,(H,33,37)(H,34,35)/b28-24+. The van der Waals surface area contributed by atoms with Crippen molar-refractivity contribution in [1.82, 2.24) is 29.8 Å². The van der Waals surface area contributed by atoms with Gasteiger partial charge in [0.25, 0.3) is 5.91 Å². The maximum Gasteiger partial charge on any atom is 0.257 e. The van der Waals surface area contributed by atoms with Crippen LogP contribution < -0.4 is 5.32 Å². The average Bonchev–Trinajstić information content (AvgIpc) is 3.85. The zero-order chi connectivity index (χ0) is 26.4. The summed E-state index contributed by atoms with van der Waals surface area (Å²) < 4.78 is 0. The molecule has 0 unspecified atom stereocenters. The molecule has 11 heteroatoms. The van der Waals surface area contributed by atoms with Crippen molar-refractivity contribution in [1.29, 1.82) is 0 Å². The van der Waals surface area contributed by atoms with E-state index in [9.17, 15) is 9.59 Å². The zero-order valence-electron chi connectivity index (χ0n) is 21.2. The lowest BCUT2D eigenvalue weighted by molar-refractivity contribution is -0.117. The fourth-order valence-corrected chi connectivity index (χ4v) is 4.27. The van der Waals surface area contributed by atoms with Gasteiger partial charge in [0.2, 0.25) is 5.91 Å². The number of rotatable bonds is 7.